The van der Waals surface area contributed by atoms with E-state index < -0.39 is 0 Å². The van der Waals surface area contributed by atoms with E-state index in [-0.39, 0.29) is 17.8 Å². The molecular weight excluding hydrogens is 416 g/mol. The van der Waals surface area contributed by atoms with Crippen molar-refractivity contribution in [1.29, 1.82) is 0 Å². The highest BCUT2D eigenvalue weighted by atomic mass is 16.5. The van der Waals surface area contributed by atoms with E-state index in [1.54, 1.807) is 38.2 Å². The maximum atomic E-state index is 12.0. The maximum absolute atomic E-state index is 12.0. The number of nitrogens with one attached hydrogen (secondary N) is 1. The van der Waals surface area contributed by atoms with E-state index in [4.69, 9.17) is 9.47 Å². The zero-order valence-corrected chi connectivity index (χ0v) is 20.0. The van der Waals surface area contributed by atoms with Crippen LogP contribution in [0.3, 0.4) is 0 Å². The van der Waals surface area contributed by atoms with Crippen LogP contribution in [0, 0.1) is 0 Å². The van der Waals surface area contributed by atoms with Crippen molar-refractivity contribution in [3.63, 3.8) is 0 Å². The Hall–Kier alpha value is -3.54. The number of aromatic amines is 1. The molecule has 174 valence electrons. The molecule has 0 aliphatic rings. The molecule has 0 fully saturated rings. The Labute approximate surface area is 195 Å². The van der Waals surface area contributed by atoms with E-state index in [1.165, 1.54) is 12.7 Å². The molecule has 2 aromatic carbocycles. The van der Waals surface area contributed by atoms with Crippen LogP contribution in [0.2, 0.25) is 0 Å². The second kappa shape index (κ2) is 10.9. The van der Waals surface area contributed by atoms with E-state index in [2.05, 4.69) is 30.2 Å². The van der Waals surface area contributed by atoms with Crippen LogP contribution in [-0.2, 0) is 9.53 Å². The zero-order chi connectivity index (χ0) is 24.0. The van der Waals surface area contributed by atoms with Crippen molar-refractivity contribution in [2.24, 2.45) is 0 Å². The lowest BCUT2D eigenvalue weighted by Gasteiger charge is -2.20. The number of carbonyl (C=O) groups is 2. The van der Waals surface area contributed by atoms with Crippen molar-refractivity contribution < 1.29 is 19.1 Å². The van der Waals surface area contributed by atoms with Crippen LogP contribution >= 0.6 is 0 Å². The largest absolute Gasteiger partial charge is 0.496 e. The van der Waals surface area contributed by atoms with Crippen LogP contribution in [0.5, 0.6) is 5.75 Å². The highest BCUT2D eigenvalue weighted by Gasteiger charge is 2.22. The highest BCUT2D eigenvalue weighted by Crippen LogP contribution is 2.39. The first kappa shape index (κ1) is 24.1. The lowest BCUT2D eigenvalue weighted by Crippen LogP contribution is -2.20. The second-order valence-corrected chi connectivity index (χ2v) is 8.23. The number of carbonyl (C=O) groups excluding carboxylic acids is 2. The normalized spacial score (nSPS) is 12.2. The quantitative estimate of drug-likeness (QED) is 0.446. The minimum absolute atomic E-state index is 0.0696. The van der Waals surface area contributed by atoms with Gasteiger partial charge >= 0.3 is 5.97 Å². The highest BCUT2D eigenvalue weighted by molar-refractivity contribution is 5.90. The average molecular weight is 449 g/mol. The minimum Gasteiger partial charge on any atom is -0.496 e. The summed E-state index contributed by atoms with van der Waals surface area (Å²) in [5.41, 5.74) is 4.77. The van der Waals surface area contributed by atoms with Crippen LogP contribution in [0.1, 0.15) is 59.2 Å². The Morgan fingerprint density at radius 2 is 1.88 bits per heavy atom. The van der Waals surface area contributed by atoms with Gasteiger partial charge in [0.15, 0.2) is 0 Å². The molecular formula is C27H32N2O4. The number of ether oxygens (including phenoxy) is 2. The molecule has 0 aliphatic carbocycles. The number of hydrogen-bond donors (Lipinski definition) is 1. The number of hydrogen-bond acceptors (Lipinski definition) is 4. The van der Waals surface area contributed by atoms with Crippen LogP contribution in [-0.4, -0.2) is 50.1 Å². The number of fused-ring (bicyclic) bond motifs is 1. The van der Waals surface area contributed by atoms with Crippen molar-refractivity contribution in [3.05, 3.63) is 70.9 Å². The number of rotatable bonds is 9. The van der Waals surface area contributed by atoms with Crippen molar-refractivity contribution >= 4 is 28.9 Å². The summed E-state index contributed by atoms with van der Waals surface area (Å²) >= 11 is 0. The molecule has 33 heavy (non-hydrogen) atoms. The summed E-state index contributed by atoms with van der Waals surface area (Å²) in [6.07, 6.45) is 8.23. The van der Waals surface area contributed by atoms with Crippen molar-refractivity contribution in [2.45, 2.75) is 32.1 Å². The van der Waals surface area contributed by atoms with Crippen LogP contribution in [0.25, 0.3) is 17.0 Å². The number of nitrogens with zero attached hydrogens (tertiary/aromatic N) is 1. The number of aromatic nitrogens is 1. The van der Waals surface area contributed by atoms with Gasteiger partial charge in [-0.25, -0.2) is 4.79 Å². The predicted octanol–water partition coefficient (Wildman–Crippen LogP) is 5.39. The Bertz CT molecular complexity index is 1160. The molecule has 1 heterocycles. The molecule has 0 saturated carbocycles. The van der Waals surface area contributed by atoms with E-state index in [1.807, 2.05) is 24.3 Å². The molecule has 6 nitrogen and oxygen atoms in total. The molecule has 1 aromatic heterocycles. The average Bonchev–Trinajstić information content (AvgIpc) is 3.24. The summed E-state index contributed by atoms with van der Waals surface area (Å²) in [5, 5.41) is 1.13. The maximum Gasteiger partial charge on any atom is 0.337 e. The van der Waals surface area contributed by atoms with E-state index in [0.717, 1.165) is 34.9 Å². The lowest BCUT2D eigenvalue weighted by atomic mass is 9.86. The van der Waals surface area contributed by atoms with Gasteiger partial charge in [-0.05, 0) is 41.8 Å². The molecule has 3 aromatic rings. The monoisotopic (exact) mass is 448 g/mol. The first-order valence-corrected chi connectivity index (χ1v) is 11.1. The van der Waals surface area contributed by atoms with E-state index >= 15 is 0 Å². The first-order chi connectivity index (χ1) is 15.9. The summed E-state index contributed by atoms with van der Waals surface area (Å²) < 4.78 is 10.5. The molecule has 0 saturated heterocycles. The van der Waals surface area contributed by atoms with Gasteiger partial charge in [-0.2, -0.15) is 0 Å². The topological polar surface area (TPSA) is 71.6 Å². The summed E-state index contributed by atoms with van der Waals surface area (Å²) in [6, 6.07) is 11.7. The third-order valence-corrected chi connectivity index (χ3v) is 5.82. The Morgan fingerprint density at radius 3 is 2.55 bits per heavy atom. The summed E-state index contributed by atoms with van der Waals surface area (Å²) in [4.78, 5) is 28.8. The molecule has 3 rings (SSSR count). The zero-order valence-electron chi connectivity index (χ0n) is 20.0. The van der Waals surface area contributed by atoms with Crippen LogP contribution in [0.4, 0.5) is 0 Å². The van der Waals surface area contributed by atoms with Gasteiger partial charge in [0.1, 0.15) is 5.75 Å². The van der Waals surface area contributed by atoms with Crippen molar-refractivity contribution in [2.75, 3.05) is 28.3 Å². The summed E-state index contributed by atoms with van der Waals surface area (Å²) in [6.45, 7) is 2.16. The molecule has 0 bridgehead atoms. The molecule has 0 aliphatic heterocycles. The van der Waals surface area contributed by atoms with Crippen LogP contribution in [0.15, 0.2) is 48.7 Å². The molecule has 0 radical (unpaired) electrons. The Morgan fingerprint density at radius 1 is 1.09 bits per heavy atom. The fourth-order valence-electron chi connectivity index (χ4n) is 4.04. The smallest absolute Gasteiger partial charge is 0.337 e. The molecule has 6 heteroatoms. The van der Waals surface area contributed by atoms with E-state index in [9.17, 15) is 9.59 Å². The summed E-state index contributed by atoms with van der Waals surface area (Å²) in [5.74, 6) is 0.451. The van der Waals surface area contributed by atoms with Crippen molar-refractivity contribution in [3.8, 4) is 5.75 Å². The number of amides is 1. The minimum atomic E-state index is -0.386. The van der Waals surface area contributed by atoms with Gasteiger partial charge < -0.3 is 19.4 Å². The van der Waals surface area contributed by atoms with Crippen LogP contribution < -0.4 is 4.74 Å². The number of methoxy groups -OCH3 is 2. The number of esters is 1. The lowest BCUT2D eigenvalue weighted by molar-refractivity contribution is -0.127. The fourth-order valence-corrected chi connectivity index (χ4v) is 4.04. The van der Waals surface area contributed by atoms with Gasteiger partial charge in [0.25, 0.3) is 0 Å². The SMILES string of the molecule is CCCC(c1ccc(C(=O)OC)cc1OC)c1c[nH]c2ccc(/C=C/CC(=O)N(C)C)cc12. The van der Waals surface area contributed by atoms with Crippen molar-refractivity contribution in [1.82, 2.24) is 9.88 Å². The molecule has 1 unspecified atom stereocenters. The van der Waals surface area contributed by atoms with Gasteiger partial charge in [-0.3, -0.25) is 4.79 Å². The standard InChI is InChI=1S/C27H32N2O4/c1-6-8-20(21-13-12-19(27(31)33-5)16-25(21)32-4)23-17-28-24-14-11-18(15-22(23)24)9-7-10-26(30)29(2)3/h7,9,11-17,20,28H,6,8,10H2,1-5H3/b9-7+. The molecule has 0 spiro atoms. The first-order valence-electron chi connectivity index (χ1n) is 11.1. The van der Waals surface area contributed by atoms with Gasteiger partial charge in [0.2, 0.25) is 5.91 Å². The second-order valence-electron chi connectivity index (χ2n) is 8.23. The predicted molar refractivity (Wildman–Crippen MR) is 132 cm³/mol. The number of benzene rings is 2. The third kappa shape index (κ3) is 5.45. The van der Waals surface area contributed by atoms with Gasteiger partial charge in [-0.1, -0.05) is 37.6 Å². The Kier molecular flexibility index (Phi) is 7.93. The van der Waals surface area contributed by atoms with Gasteiger partial charge in [0.05, 0.1) is 19.8 Å². The third-order valence-electron chi connectivity index (χ3n) is 5.82. The molecule has 1 atom stereocenters. The molecule has 1 N–H and O–H groups in total. The fraction of sp³-hybridized carbons (Fsp3) is 0.333. The van der Waals surface area contributed by atoms with Gasteiger partial charge in [-0.15, -0.1) is 0 Å². The molecule has 1 amide bonds. The van der Waals surface area contributed by atoms with E-state index in [0.29, 0.717) is 17.7 Å². The Balaban J connectivity index is 2.00. The summed E-state index contributed by atoms with van der Waals surface area (Å²) in [7, 11) is 6.51. The van der Waals surface area contributed by atoms with Gasteiger partial charge in [0, 0.05) is 49.1 Å². The number of H-pyrrole nitrogens is 1.